The summed E-state index contributed by atoms with van der Waals surface area (Å²) in [5.41, 5.74) is -1.43. The van der Waals surface area contributed by atoms with Crippen molar-refractivity contribution >= 4 is 6.08 Å². The molecular formula is C24H23F7. The molecule has 0 amide bonds. The fraction of sp³-hybridized carbons (Fsp3) is 0.417. The first kappa shape index (κ1) is 23.4. The van der Waals surface area contributed by atoms with E-state index in [0.717, 1.165) is 38.5 Å². The van der Waals surface area contributed by atoms with Crippen LogP contribution in [0.3, 0.4) is 0 Å². The average Bonchev–Trinajstić information content (AvgIpc) is 2.67. The first-order valence-corrected chi connectivity index (χ1v) is 10.3. The number of alkyl halides is 3. The van der Waals surface area contributed by atoms with Crippen molar-refractivity contribution in [3.8, 4) is 11.1 Å². The van der Waals surface area contributed by atoms with E-state index in [1.165, 1.54) is 12.1 Å². The van der Waals surface area contributed by atoms with Gasteiger partial charge in [0.2, 0.25) is 0 Å². The van der Waals surface area contributed by atoms with Gasteiger partial charge in [-0.3, -0.25) is 0 Å². The highest BCUT2D eigenvalue weighted by Crippen LogP contribution is 2.39. The van der Waals surface area contributed by atoms with E-state index in [4.69, 9.17) is 0 Å². The minimum atomic E-state index is -4.75. The lowest BCUT2D eigenvalue weighted by Crippen LogP contribution is -2.13. The number of halogens is 7. The SMILES string of the molecule is CCCC1CCC(c2cc(F)c(-c3cc(F)c(/C=C/C(F)(F)F)c(F)c3)c(F)c2)CC1. The summed E-state index contributed by atoms with van der Waals surface area (Å²) in [4.78, 5) is 0. The molecule has 31 heavy (non-hydrogen) atoms. The minimum absolute atomic E-state index is 0.0227. The Kier molecular flexibility index (Phi) is 7.12. The third kappa shape index (κ3) is 5.69. The van der Waals surface area contributed by atoms with Crippen molar-refractivity contribution in [3.05, 3.63) is 64.7 Å². The van der Waals surface area contributed by atoms with E-state index in [9.17, 15) is 30.7 Å². The van der Waals surface area contributed by atoms with Crippen LogP contribution in [0.1, 0.15) is 62.5 Å². The highest BCUT2D eigenvalue weighted by atomic mass is 19.4. The zero-order valence-electron chi connectivity index (χ0n) is 17.0. The fourth-order valence-electron chi connectivity index (χ4n) is 4.36. The van der Waals surface area contributed by atoms with Crippen molar-refractivity contribution in [3.63, 3.8) is 0 Å². The standard InChI is InChI=1S/C24H23F7/c1-2-3-14-4-6-15(7-5-14)16-10-21(27)23(22(28)11-16)17-12-19(25)18(20(26)13-17)8-9-24(29,30)31/h8-15H,2-7H2,1H3/b9-8+. The minimum Gasteiger partial charge on any atom is -0.206 e. The molecule has 0 aromatic heterocycles. The molecule has 0 radical (unpaired) electrons. The van der Waals surface area contributed by atoms with Gasteiger partial charge in [0.25, 0.3) is 0 Å². The quantitative estimate of drug-likeness (QED) is 0.405. The second-order valence-corrected chi connectivity index (χ2v) is 8.09. The van der Waals surface area contributed by atoms with Crippen LogP contribution in [-0.2, 0) is 0 Å². The molecule has 0 atom stereocenters. The molecule has 7 heteroatoms. The van der Waals surface area contributed by atoms with Crippen LogP contribution >= 0.6 is 0 Å². The average molecular weight is 444 g/mol. The van der Waals surface area contributed by atoms with Crippen molar-refractivity contribution in [2.45, 2.75) is 57.5 Å². The summed E-state index contributed by atoms with van der Waals surface area (Å²) in [5, 5.41) is 0. The van der Waals surface area contributed by atoms with E-state index in [0.29, 0.717) is 23.6 Å². The van der Waals surface area contributed by atoms with Crippen molar-refractivity contribution in [2.24, 2.45) is 5.92 Å². The van der Waals surface area contributed by atoms with Crippen molar-refractivity contribution in [2.75, 3.05) is 0 Å². The molecule has 0 saturated heterocycles. The predicted octanol–water partition coefficient (Wildman–Crippen LogP) is 8.56. The molecule has 1 aliphatic carbocycles. The Morgan fingerprint density at radius 3 is 1.87 bits per heavy atom. The van der Waals surface area contributed by atoms with Gasteiger partial charge < -0.3 is 0 Å². The van der Waals surface area contributed by atoms with E-state index < -0.39 is 46.1 Å². The summed E-state index contributed by atoms with van der Waals surface area (Å²) in [6.07, 6.45) is 1.07. The molecule has 2 aromatic rings. The van der Waals surface area contributed by atoms with Crippen LogP contribution in [0, 0.1) is 29.2 Å². The molecule has 1 saturated carbocycles. The zero-order valence-corrected chi connectivity index (χ0v) is 17.0. The van der Waals surface area contributed by atoms with Gasteiger partial charge in [0.05, 0.1) is 5.56 Å². The van der Waals surface area contributed by atoms with Crippen LogP contribution in [0.25, 0.3) is 17.2 Å². The maximum Gasteiger partial charge on any atom is 0.409 e. The molecule has 168 valence electrons. The van der Waals surface area contributed by atoms with Crippen molar-refractivity contribution in [1.29, 1.82) is 0 Å². The van der Waals surface area contributed by atoms with Gasteiger partial charge in [-0.15, -0.1) is 0 Å². The number of hydrogen-bond donors (Lipinski definition) is 0. The highest BCUT2D eigenvalue weighted by molar-refractivity contribution is 5.68. The van der Waals surface area contributed by atoms with Crippen molar-refractivity contribution in [1.82, 2.24) is 0 Å². The summed E-state index contributed by atoms with van der Waals surface area (Å²) in [7, 11) is 0. The smallest absolute Gasteiger partial charge is 0.206 e. The maximum absolute atomic E-state index is 14.8. The van der Waals surface area contributed by atoms with Crippen LogP contribution in [0.4, 0.5) is 30.7 Å². The van der Waals surface area contributed by atoms with Gasteiger partial charge in [-0.1, -0.05) is 19.8 Å². The molecule has 0 aliphatic heterocycles. The lowest BCUT2D eigenvalue weighted by molar-refractivity contribution is -0.0790. The maximum atomic E-state index is 14.8. The Labute approximate surface area is 176 Å². The predicted molar refractivity (Wildman–Crippen MR) is 106 cm³/mol. The van der Waals surface area contributed by atoms with Crippen LogP contribution in [0.2, 0.25) is 0 Å². The Bertz CT molecular complexity index is 905. The number of benzene rings is 2. The Morgan fingerprint density at radius 2 is 1.39 bits per heavy atom. The Balaban J connectivity index is 1.88. The summed E-state index contributed by atoms with van der Waals surface area (Å²) < 4.78 is 94.8. The van der Waals surface area contributed by atoms with Crippen molar-refractivity contribution < 1.29 is 30.7 Å². The first-order valence-electron chi connectivity index (χ1n) is 10.3. The van der Waals surface area contributed by atoms with E-state index >= 15 is 0 Å². The van der Waals surface area contributed by atoms with Crippen LogP contribution in [0.15, 0.2) is 30.3 Å². The van der Waals surface area contributed by atoms with Gasteiger partial charge in [0.15, 0.2) is 0 Å². The monoisotopic (exact) mass is 444 g/mol. The van der Waals surface area contributed by atoms with Gasteiger partial charge in [-0.05, 0) is 79.0 Å². The summed E-state index contributed by atoms with van der Waals surface area (Å²) in [6.45, 7) is 2.13. The second kappa shape index (κ2) is 9.45. The van der Waals surface area contributed by atoms with Gasteiger partial charge in [-0.25, -0.2) is 17.6 Å². The Morgan fingerprint density at radius 1 is 0.839 bits per heavy atom. The van der Waals surface area contributed by atoms with Gasteiger partial charge in [0, 0.05) is 11.6 Å². The second-order valence-electron chi connectivity index (χ2n) is 8.09. The fourth-order valence-corrected chi connectivity index (χ4v) is 4.36. The molecule has 0 bridgehead atoms. The molecule has 0 nitrogen and oxygen atoms in total. The van der Waals surface area contributed by atoms with Crippen LogP contribution in [0.5, 0.6) is 0 Å². The molecule has 0 N–H and O–H groups in total. The summed E-state index contributed by atoms with van der Waals surface area (Å²) in [5.74, 6) is -3.94. The molecular weight excluding hydrogens is 421 g/mol. The lowest BCUT2D eigenvalue weighted by Gasteiger charge is -2.29. The molecule has 2 aromatic carbocycles. The number of rotatable bonds is 5. The topological polar surface area (TPSA) is 0 Å². The van der Waals surface area contributed by atoms with E-state index in [-0.39, 0.29) is 18.1 Å². The normalized spacial score (nSPS) is 19.9. The summed E-state index contributed by atoms with van der Waals surface area (Å²) in [6, 6.07) is 3.65. The Hall–Kier alpha value is -2.31. The van der Waals surface area contributed by atoms with E-state index in [1.807, 2.05) is 0 Å². The van der Waals surface area contributed by atoms with Gasteiger partial charge in [0.1, 0.15) is 23.3 Å². The summed E-state index contributed by atoms with van der Waals surface area (Å²) >= 11 is 0. The molecule has 0 unspecified atom stereocenters. The van der Waals surface area contributed by atoms with E-state index in [2.05, 4.69) is 6.92 Å². The molecule has 3 rings (SSSR count). The largest absolute Gasteiger partial charge is 0.409 e. The number of allylic oxidation sites excluding steroid dienone is 1. The third-order valence-corrected chi connectivity index (χ3v) is 5.89. The molecule has 0 heterocycles. The molecule has 0 spiro atoms. The van der Waals surface area contributed by atoms with Gasteiger partial charge >= 0.3 is 6.18 Å². The molecule has 1 fully saturated rings. The van der Waals surface area contributed by atoms with E-state index in [1.54, 1.807) is 0 Å². The van der Waals surface area contributed by atoms with Crippen LogP contribution in [-0.4, -0.2) is 6.18 Å². The van der Waals surface area contributed by atoms with Crippen LogP contribution < -0.4 is 0 Å². The first-order chi connectivity index (χ1) is 14.6. The molecule has 1 aliphatic rings. The zero-order chi connectivity index (χ0) is 22.8. The number of hydrogen-bond acceptors (Lipinski definition) is 0. The third-order valence-electron chi connectivity index (χ3n) is 5.89. The highest BCUT2D eigenvalue weighted by Gasteiger charge is 2.26. The lowest BCUT2D eigenvalue weighted by atomic mass is 9.77. The van der Waals surface area contributed by atoms with Gasteiger partial charge in [-0.2, -0.15) is 13.2 Å².